The Balaban J connectivity index is 1.37. The van der Waals surface area contributed by atoms with E-state index < -0.39 is 0 Å². The van der Waals surface area contributed by atoms with E-state index in [0.29, 0.717) is 11.5 Å². The maximum Gasteiger partial charge on any atom is 0.256 e. The third kappa shape index (κ3) is 4.44. The number of nitrogens with zero attached hydrogens (tertiary/aromatic N) is 5. The van der Waals surface area contributed by atoms with Crippen molar-refractivity contribution in [2.75, 3.05) is 56.2 Å². The number of benzene rings is 1. The van der Waals surface area contributed by atoms with Crippen LogP contribution in [0.3, 0.4) is 0 Å². The summed E-state index contributed by atoms with van der Waals surface area (Å²) >= 11 is 0. The molecule has 7 nitrogen and oxygen atoms in total. The third-order valence-corrected chi connectivity index (χ3v) is 5.77. The van der Waals surface area contributed by atoms with Gasteiger partial charge in [0.1, 0.15) is 5.75 Å². The van der Waals surface area contributed by atoms with Crippen LogP contribution in [-0.2, 0) is 0 Å². The van der Waals surface area contributed by atoms with Crippen LogP contribution in [0.4, 0.5) is 11.6 Å². The summed E-state index contributed by atoms with van der Waals surface area (Å²) in [6.07, 6.45) is 7.95. The number of rotatable bonds is 4. The van der Waals surface area contributed by atoms with Crippen LogP contribution < -0.4 is 14.5 Å². The summed E-state index contributed by atoms with van der Waals surface area (Å²) in [6, 6.07) is 8.10. The molecule has 2 aliphatic rings. The Morgan fingerprint density at radius 1 is 0.862 bits per heavy atom. The number of para-hydroxylation sites is 2. The smallest absolute Gasteiger partial charge is 0.256 e. The molecule has 2 fully saturated rings. The fraction of sp³-hybridized carbons (Fsp3) is 0.500. The fourth-order valence-electron chi connectivity index (χ4n) is 4.09. The van der Waals surface area contributed by atoms with E-state index in [1.807, 2.05) is 23.1 Å². The van der Waals surface area contributed by atoms with Crippen LogP contribution in [0.1, 0.15) is 36.0 Å². The topological polar surface area (TPSA) is 61.8 Å². The van der Waals surface area contributed by atoms with Crippen molar-refractivity contribution >= 4 is 17.5 Å². The molecule has 0 aliphatic carbocycles. The molecular weight excluding hydrogens is 366 g/mol. The van der Waals surface area contributed by atoms with Crippen LogP contribution in [0.25, 0.3) is 0 Å². The van der Waals surface area contributed by atoms with Crippen molar-refractivity contribution in [3.05, 3.63) is 42.2 Å². The van der Waals surface area contributed by atoms with Gasteiger partial charge in [-0.1, -0.05) is 25.0 Å². The van der Waals surface area contributed by atoms with E-state index in [1.165, 1.54) is 12.8 Å². The molecular formula is C22H29N5O2. The normalized spacial score (nSPS) is 17.8. The fourth-order valence-corrected chi connectivity index (χ4v) is 4.09. The SMILES string of the molecule is COc1ccccc1N1CCN(c2ncc(C(=O)N3CCCCCC3)cn2)CC1. The maximum atomic E-state index is 12.7. The molecule has 2 saturated heterocycles. The molecule has 29 heavy (non-hydrogen) atoms. The van der Waals surface area contributed by atoms with E-state index in [4.69, 9.17) is 4.74 Å². The number of methoxy groups -OCH3 is 1. The standard InChI is InChI=1S/C22H29N5O2/c1-29-20-9-5-4-8-19(20)25-12-14-27(15-13-25)22-23-16-18(17-24-22)21(28)26-10-6-2-3-7-11-26/h4-5,8-9,16-17H,2-3,6-7,10-15H2,1H3. The molecule has 3 heterocycles. The number of carbonyl (C=O) groups excluding carboxylic acids is 1. The van der Waals surface area contributed by atoms with Crippen molar-refractivity contribution < 1.29 is 9.53 Å². The minimum atomic E-state index is 0.0550. The van der Waals surface area contributed by atoms with Gasteiger partial charge in [-0.05, 0) is 25.0 Å². The highest BCUT2D eigenvalue weighted by Gasteiger charge is 2.22. The number of hydrogen-bond acceptors (Lipinski definition) is 6. The number of carbonyl (C=O) groups is 1. The number of aromatic nitrogens is 2. The van der Waals surface area contributed by atoms with Gasteiger partial charge in [-0.2, -0.15) is 0 Å². The predicted molar refractivity (Wildman–Crippen MR) is 114 cm³/mol. The number of amides is 1. The molecule has 4 rings (SSSR count). The molecule has 0 N–H and O–H groups in total. The van der Waals surface area contributed by atoms with Crippen LogP contribution in [0, 0.1) is 0 Å². The first-order chi connectivity index (χ1) is 14.3. The van der Waals surface area contributed by atoms with Gasteiger partial charge in [0.2, 0.25) is 5.95 Å². The zero-order chi connectivity index (χ0) is 20.1. The van der Waals surface area contributed by atoms with Gasteiger partial charge >= 0.3 is 0 Å². The van der Waals surface area contributed by atoms with Crippen molar-refractivity contribution in [2.24, 2.45) is 0 Å². The highest BCUT2D eigenvalue weighted by atomic mass is 16.5. The van der Waals surface area contributed by atoms with Crippen LogP contribution in [0.5, 0.6) is 5.75 Å². The molecule has 0 unspecified atom stereocenters. The molecule has 154 valence electrons. The van der Waals surface area contributed by atoms with Crippen molar-refractivity contribution in [1.82, 2.24) is 14.9 Å². The molecule has 0 bridgehead atoms. The number of piperazine rings is 1. The van der Waals surface area contributed by atoms with Gasteiger partial charge in [0.05, 0.1) is 18.4 Å². The average molecular weight is 396 g/mol. The molecule has 0 saturated carbocycles. The van der Waals surface area contributed by atoms with Gasteiger partial charge in [0, 0.05) is 51.7 Å². The summed E-state index contributed by atoms with van der Waals surface area (Å²) in [6.45, 7) is 5.09. The van der Waals surface area contributed by atoms with Gasteiger partial charge in [0.25, 0.3) is 5.91 Å². The summed E-state index contributed by atoms with van der Waals surface area (Å²) in [7, 11) is 1.71. The van der Waals surface area contributed by atoms with E-state index in [1.54, 1.807) is 19.5 Å². The molecule has 1 aromatic heterocycles. The number of hydrogen-bond donors (Lipinski definition) is 0. The lowest BCUT2D eigenvalue weighted by atomic mass is 10.2. The number of anilines is 2. The summed E-state index contributed by atoms with van der Waals surface area (Å²) in [5.41, 5.74) is 1.71. The Labute approximate surface area is 172 Å². The second kappa shape index (κ2) is 9.11. The predicted octanol–water partition coefficient (Wildman–Crippen LogP) is 2.83. The summed E-state index contributed by atoms with van der Waals surface area (Å²) in [5, 5.41) is 0. The summed E-state index contributed by atoms with van der Waals surface area (Å²) in [4.78, 5) is 28.1. The van der Waals surface area contributed by atoms with E-state index in [-0.39, 0.29) is 5.91 Å². The lowest BCUT2D eigenvalue weighted by Crippen LogP contribution is -2.47. The zero-order valence-corrected chi connectivity index (χ0v) is 17.1. The Kier molecular flexibility index (Phi) is 6.12. The van der Waals surface area contributed by atoms with Crippen LogP contribution >= 0.6 is 0 Å². The lowest BCUT2D eigenvalue weighted by Gasteiger charge is -2.36. The molecule has 0 atom stereocenters. The van der Waals surface area contributed by atoms with Crippen molar-refractivity contribution in [2.45, 2.75) is 25.7 Å². The number of likely N-dealkylation sites (tertiary alicyclic amines) is 1. The van der Waals surface area contributed by atoms with Gasteiger partial charge in [-0.15, -0.1) is 0 Å². The first-order valence-electron chi connectivity index (χ1n) is 10.5. The Morgan fingerprint density at radius 3 is 2.14 bits per heavy atom. The quantitative estimate of drug-likeness (QED) is 0.793. The van der Waals surface area contributed by atoms with Gasteiger partial charge in [-0.25, -0.2) is 9.97 Å². The second-order valence-corrected chi connectivity index (χ2v) is 7.62. The summed E-state index contributed by atoms with van der Waals surface area (Å²) < 4.78 is 5.49. The monoisotopic (exact) mass is 395 g/mol. The molecule has 1 aromatic carbocycles. The zero-order valence-electron chi connectivity index (χ0n) is 17.1. The van der Waals surface area contributed by atoms with E-state index >= 15 is 0 Å². The van der Waals surface area contributed by atoms with E-state index in [0.717, 1.165) is 63.5 Å². The van der Waals surface area contributed by atoms with Gasteiger partial charge in [0.15, 0.2) is 0 Å². The van der Waals surface area contributed by atoms with Crippen LogP contribution in [0.15, 0.2) is 36.7 Å². The Hall–Kier alpha value is -2.83. The number of ether oxygens (including phenoxy) is 1. The minimum Gasteiger partial charge on any atom is -0.495 e. The first-order valence-corrected chi connectivity index (χ1v) is 10.5. The van der Waals surface area contributed by atoms with Crippen LogP contribution in [0.2, 0.25) is 0 Å². The molecule has 0 spiro atoms. The largest absolute Gasteiger partial charge is 0.495 e. The van der Waals surface area contributed by atoms with Crippen molar-refractivity contribution in [1.29, 1.82) is 0 Å². The van der Waals surface area contributed by atoms with Gasteiger partial charge < -0.3 is 19.4 Å². The highest BCUT2D eigenvalue weighted by Crippen LogP contribution is 2.28. The summed E-state index contributed by atoms with van der Waals surface area (Å²) in [5.74, 6) is 1.64. The van der Waals surface area contributed by atoms with E-state index in [9.17, 15) is 4.79 Å². The third-order valence-electron chi connectivity index (χ3n) is 5.77. The van der Waals surface area contributed by atoms with Crippen LogP contribution in [-0.4, -0.2) is 67.2 Å². The Morgan fingerprint density at radius 2 is 1.48 bits per heavy atom. The Bertz CT molecular complexity index is 810. The molecule has 1 amide bonds. The molecule has 2 aromatic rings. The van der Waals surface area contributed by atoms with Crippen molar-refractivity contribution in [3.8, 4) is 5.75 Å². The minimum absolute atomic E-state index is 0.0550. The molecule has 2 aliphatic heterocycles. The molecule has 0 radical (unpaired) electrons. The maximum absolute atomic E-state index is 12.7. The lowest BCUT2D eigenvalue weighted by molar-refractivity contribution is 0.0761. The van der Waals surface area contributed by atoms with E-state index in [2.05, 4.69) is 25.8 Å². The van der Waals surface area contributed by atoms with Crippen molar-refractivity contribution in [3.63, 3.8) is 0 Å². The average Bonchev–Trinajstić information content (AvgIpc) is 3.08. The second-order valence-electron chi connectivity index (χ2n) is 7.62. The molecule has 7 heteroatoms. The first kappa shape index (κ1) is 19.5. The highest BCUT2D eigenvalue weighted by molar-refractivity contribution is 5.93. The van der Waals surface area contributed by atoms with Gasteiger partial charge in [-0.3, -0.25) is 4.79 Å².